The van der Waals surface area contributed by atoms with Gasteiger partial charge in [0, 0.05) is 10.7 Å². The molecular weight excluding hydrogens is 280 g/mol. The third-order valence-corrected chi connectivity index (χ3v) is 3.79. The maximum absolute atomic E-state index is 9.93. The predicted octanol–water partition coefficient (Wildman–Crippen LogP) is 5.67. The van der Waals surface area contributed by atoms with Crippen molar-refractivity contribution < 1.29 is 8.42 Å². The molecule has 0 fully saturated rings. The third kappa shape index (κ3) is 27.3. The van der Waals surface area contributed by atoms with Crippen LogP contribution in [0, 0.1) is 0 Å². The van der Waals surface area contributed by atoms with Gasteiger partial charge >= 0.3 is 0 Å². The first kappa shape index (κ1) is 21.3. The first-order valence-corrected chi connectivity index (χ1v) is 9.99. The molecule has 2 nitrogen and oxygen atoms in total. The van der Waals surface area contributed by atoms with Gasteiger partial charge in [-0.1, -0.05) is 84.1 Å². The van der Waals surface area contributed by atoms with Crippen molar-refractivity contribution in [2.24, 2.45) is 0 Å². The molecule has 0 aromatic rings. The third-order valence-electron chi connectivity index (χ3n) is 2.77. The summed E-state index contributed by atoms with van der Waals surface area (Å²) >= 11 is 0. The van der Waals surface area contributed by atoms with Gasteiger partial charge in [-0.25, -0.2) is 8.42 Å². The number of hydrogen-bond donors (Lipinski definition) is 0. The summed E-state index contributed by atoms with van der Waals surface area (Å²) < 4.78 is 19.9. The quantitative estimate of drug-likeness (QED) is 0.280. The Kier molecular flexibility index (Phi) is 18.0. The molecular formula is C15H31ClO2S. The Labute approximate surface area is 125 Å². The topological polar surface area (TPSA) is 34.1 Å². The molecule has 0 saturated carbocycles. The van der Waals surface area contributed by atoms with E-state index in [-0.39, 0.29) is 5.75 Å². The maximum Gasteiger partial charge on any atom is 0.236 e. The van der Waals surface area contributed by atoms with Crippen LogP contribution in [0.5, 0.6) is 0 Å². The summed E-state index contributed by atoms with van der Waals surface area (Å²) in [5.74, 6) is -0.158. The van der Waals surface area contributed by atoms with Gasteiger partial charge in [0.2, 0.25) is 9.05 Å². The summed E-state index contributed by atoms with van der Waals surface area (Å²) in [4.78, 5) is 0. The van der Waals surface area contributed by atoms with Crippen molar-refractivity contribution in [1.29, 1.82) is 0 Å². The molecule has 0 radical (unpaired) electrons. The molecule has 0 spiro atoms. The highest BCUT2D eigenvalue weighted by Crippen LogP contribution is 2.09. The number of unbranched alkanes of at least 4 members (excludes halogenated alkanes) is 9. The maximum atomic E-state index is 9.93. The molecule has 0 aromatic heterocycles. The van der Waals surface area contributed by atoms with Crippen molar-refractivity contribution in [1.82, 2.24) is 0 Å². The second-order valence-electron chi connectivity index (χ2n) is 4.82. The zero-order chi connectivity index (χ0) is 15.0. The molecule has 0 bridgehead atoms. The summed E-state index contributed by atoms with van der Waals surface area (Å²) in [6.45, 7) is 7.74. The van der Waals surface area contributed by atoms with E-state index in [0.29, 0.717) is 0 Å². The van der Waals surface area contributed by atoms with Crippen molar-refractivity contribution in [2.45, 2.75) is 78.1 Å². The van der Waals surface area contributed by atoms with Crippen molar-refractivity contribution in [3.63, 3.8) is 0 Å². The fraction of sp³-hybridized carbons (Fsp3) is 0.867. The van der Waals surface area contributed by atoms with Crippen LogP contribution in [0.15, 0.2) is 12.7 Å². The minimum Gasteiger partial charge on any atom is -0.212 e. The zero-order valence-electron chi connectivity index (χ0n) is 12.7. The lowest BCUT2D eigenvalue weighted by Gasteiger charge is -1.99. The summed E-state index contributed by atoms with van der Waals surface area (Å²) in [5.41, 5.74) is 0. The lowest BCUT2D eigenvalue weighted by Crippen LogP contribution is -1.90. The molecule has 0 heterocycles. The van der Waals surface area contributed by atoms with E-state index in [2.05, 4.69) is 20.4 Å². The predicted molar refractivity (Wildman–Crippen MR) is 87.4 cm³/mol. The van der Waals surface area contributed by atoms with Gasteiger partial charge in [0.15, 0.2) is 0 Å². The Balaban J connectivity index is 0. The Morgan fingerprint density at radius 2 is 1.16 bits per heavy atom. The highest BCUT2D eigenvalue weighted by Gasteiger charge is 1.97. The molecule has 0 aliphatic carbocycles. The van der Waals surface area contributed by atoms with Gasteiger partial charge in [0.1, 0.15) is 0 Å². The molecule has 0 aliphatic heterocycles. The fourth-order valence-corrected chi connectivity index (χ4v) is 2.25. The van der Waals surface area contributed by atoms with E-state index in [1.54, 1.807) is 0 Å². The van der Waals surface area contributed by atoms with Gasteiger partial charge in [0.05, 0.1) is 5.75 Å². The first-order valence-electron chi connectivity index (χ1n) is 7.51. The Morgan fingerprint density at radius 1 is 0.842 bits per heavy atom. The molecule has 0 aromatic carbocycles. The van der Waals surface area contributed by atoms with Crippen LogP contribution in [0.25, 0.3) is 0 Å². The van der Waals surface area contributed by atoms with Gasteiger partial charge in [-0.3, -0.25) is 0 Å². The van der Waals surface area contributed by atoms with Gasteiger partial charge in [-0.15, -0.1) is 6.58 Å². The molecule has 19 heavy (non-hydrogen) atoms. The van der Waals surface area contributed by atoms with Crippen molar-refractivity contribution in [3.05, 3.63) is 12.7 Å². The van der Waals surface area contributed by atoms with Crippen LogP contribution in [0.1, 0.15) is 78.1 Å². The van der Waals surface area contributed by atoms with E-state index in [9.17, 15) is 8.42 Å². The number of halogens is 1. The standard InChI is InChI=1S/C12H26.C3H5ClO2S/c1-3-5-7-9-11-12-10-8-6-4-2;1-2-3-7(4,5)6/h3-12H2,1-2H3;2H,1,3H2. The molecule has 4 heteroatoms. The summed E-state index contributed by atoms with van der Waals surface area (Å²) in [7, 11) is 1.41. The molecule has 0 unspecified atom stereocenters. The minimum atomic E-state index is -3.32. The van der Waals surface area contributed by atoms with Crippen molar-refractivity contribution >= 4 is 19.7 Å². The van der Waals surface area contributed by atoms with Crippen LogP contribution in [0.3, 0.4) is 0 Å². The molecule has 0 aliphatic rings. The van der Waals surface area contributed by atoms with Gasteiger partial charge in [-0.05, 0) is 0 Å². The van der Waals surface area contributed by atoms with E-state index in [0.717, 1.165) is 0 Å². The van der Waals surface area contributed by atoms with Crippen LogP contribution in [-0.4, -0.2) is 14.2 Å². The van der Waals surface area contributed by atoms with Gasteiger partial charge < -0.3 is 0 Å². The monoisotopic (exact) mass is 310 g/mol. The Bertz CT molecular complexity index is 264. The molecule has 0 atom stereocenters. The smallest absolute Gasteiger partial charge is 0.212 e. The van der Waals surface area contributed by atoms with E-state index < -0.39 is 9.05 Å². The summed E-state index contributed by atoms with van der Waals surface area (Å²) in [6, 6.07) is 0. The molecule has 0 amide bonds. The fourth-order valence-electron chi connectivity index (χ4n) is 1.70. The average molecular weight is 311 g/mol. The van der Waals surface area contributed by atoms with Crippen LogP contribution >= 0.6 is 10.7 Å². The van der Waals surface area contributed by atoms with E-state index in [4.69, 9.17) is 10.7 Å². The van der Waals surface area contributed by atoms with Gasteiger partial charge in [-0.2, -0.15) is 0 Å². The average Bonchev–Trinajstić information content (AvgIpc) is 2.32. The lowest BCUT2D eigenvalue weighted by atomic mass is 10.1. The highest BCUT2D eigenvalue weighted by atomic mass is 35.7. The highest BCUT2D eigenvalue weighted by molar-refractivity contribution is 8.13. The van der Waals surface area contributed by atoms with Crippen molar-refractivity contribution in [3.8, 4) is 0 Å². The lowest BCUT2D eigenvalue weighted by molar-refractivity contribution is 0.562. The van der Waals surface area contributed by atoms with Crippen LogP contribution < -0.4 is 0 Å². The molecule has 0 rings (SSSR count). The number of hydrogen-bond acceptors (Lipinski definition) is 2. The SMILES string of the molecule is C=CCS(=O)(=O)Cl.CCCCCCCCCCCC. The first-order chi connectivity index (χ1) is 8.97. The van der Waals surface area contributed by atoms with Crippen LogP contribution in [0.4, 0.5) is 0 Å². The van der Waals surface area contributed by atoms with Crippen LogP contribution in [0.2, 0.25) is 0 Å². The molecule has 0 N–H and O–H groups in total. The van der Waals surface area contributed by atoms with E-state index in [1.165, 1.54) is 70.3 Å². The summed E-state index contributed by atoms with van der Waals surface area (Å²) in [5, 5.41) is 0. The van der Waals surface area contributed by atoms with E-state index in [1.807, 2.05) is 0 Å². The number of rotatable bonds is 11. The largest absolute Gasteiger partial charge is 0.236 e. The van der Waals surface area contributed by atoms with Crippen molar-refractivity contribution in [2.75, 3.05) is 5.75 Å². The molecule has 116 valence electrons. The second kappa shape index (κ2) is 16.0. The minimum absolute atomic E-state index is 0.158. The normalized spacial score (nSPS) is 10.7. The second-order valence-corrected chi connectivity index (χ2v) is 7.64. The van der Waals surface area contributed by atoms with Crippen LogP contribution in [-0.2, 0) is 9.05 Å². The zero-order valence-corrected chi connectivity index (χ0v) is 14.2. The Morgan fingerprint density at radius 3 is 1.32 bits per heavy atom. The van der Waals surface area contributed by atoms with E-state index >= 15 is 0 Å². The summed E-state index contributed by atoms with van der Waals surface area (Å²) in [6.07, 6.45) is 15.7. The van der Waals surface area contributed by atoms with Gasteiger partial charge in [0.25, 0.3) is 0 Å². The molecule has 0 saturated heterocycles. The Hall–Kier alpha value is -0.0200.